The highest BCUT2D eigenvalue weighted by Crippen LogP contribution is 2.26. The summed E-state index contributed by atoms with van der Waals surface area (Å²) in [5.41, 5.74) is 0.294. The van der Waals surface area contributed by atoms with Gasteiger partial charge in [0, 0.05) is 24.7 Å². The van der Waals surface area contributed by atoms with E-state index in [4.69, 9.17) is 5.26 Å². The lowest BCUT2D eigenvalue weighted by atomic mass is 9.92. The third-order valence-electron chi connectivity index (χ3n) is 5.03. The van der Waals surface area contributed by atoms with Crippen LogP contribution in [0.25, 0.3) is 0 Å². The van der Waals surface area contributed by atoms with Crippen LogP contribution in [0.4, 0.5) is 8.78 Å². The van der Waals surface area contributed by atoms with Gasteiger partial charge in [0.1, 0.15) is 29.9 Å². The van der Waals surface area contributed by atoms with Crippen LogP contribution in [-0.4, -0.2) is 41.4 Å². The molecule has 168 valence electrons. The zero-order valence-electron chi connectivity index (χ0n) is 17.4. The van der Waals surface area contributed by atoms with E-state index in [1.165, 1.54) is 23.4 Å². The molecule has 9 nitrogen and oxygen atoms in total. The summed E-state index contributed by atoms with van der Waals surface area (Å²) in [7, 11) is 0. The SMILES string of the molecule is N#Cc1cccc(Cn2cc(CNCC(O)(Cn3cncn3)c3ccc(F)cc3F)nn2)c1. The molecule has 0 spiro atoms. The van der Waals surface area contributed by atoms with Crippen LogP contribution in [0.1, 0.15) is 22.4 Å². The van der Waals surface area contributed by atoms with Gasteiger partial charge < -0.3 is 10.4 Å². The van der Waals surface area contributed by atoms with E-state index in [0.717, 1.165) is 17.7 Å². The average Bonchev–Trinajstić information content (AvgIpc) is 3.46. The Labute approximate surface area is 187 Å². The fourth-order valence-electron chi connectivity index (χ4n) is 3.51. The zero-order chi connectivity index (χ0) is 23.3. The Kier molecular flexibility index (Phi) is 6.48. The Morgan fingerprint density at radius 3 is 2.79 bits per heavy atom. The van der Waals surface area contributed by atoms with Crippen molar-refractivity contribution in [3.8, 4) is 6.07 Å². The average molecular weight is 450 g/mol. The summed E-state index contributed by atoms with van der Waals surface area (Å²) >= 11 is 0. The molecule has 2 aromatic carbocycles. The Hall–Kier alpha value is -4.01. The van der Waals surface area contributed by atoms with Crippen molar-refractivity contribution in [2.24, 2.45) is 0 Å². The van der Waals surface area contributed by atoms with Crippen molar-refractivity contribution < 1.29 is 13.9 Å². The molecule has 1 unspecified atom stereocenters. The van der Waals surface area contributed by atoms with Crippen LogP contribution in [-0.2, 0) is 25.2 Å². The minimum atomic E-state index is -1.72. The Morgan fingerprint density at radius 2 is 2.03 bits per heavy atom. The van der Waals surface area contributed by atoms with Gasteiger partial charge in [0.05, 0.1) is 36.6 Å². The number of halogens is 2. The normalized spacial score (nSPS) is 12.9. The quantitative estimate of drug-likeness (QED) is 0.399. The molecule has 0 saturated carbocycles. The molecule has 0 radical (unpaired) electrons. The first-order valence-electron chi connectivity index (χ1n) is 10.0. The number of aromatic nitrogens is 6. The van der Waals surface area contributed by atoms with E-state index in [-0.39, 0.29) is 25.2 Å². The third kappa shape index (κ3) is 5.43. The van der Waals surface area contributed by atoms with Crippen LogP contribution in [0.5, 0.6) is 0 Å². The second-order valence-electron chi connectivity index (χ2n) is 7.57. The van der Waals surface area contributed by atoms with Gasteiger partial charge in [-0.3, -0.25) is 0 Å². The summed E-state index contributed by atoms with van der Waals surface area (Å²) in [6, 6.07) is 12.3. The van der Waals surface area contributed by atoms with E-state index in [2.05, 4.69) is 31.8 Å². The molecule has 4 aromatic rings. The van der Waals surface area contributed by atoms with E-state index in [0.29, 0.717) is 17.8 Å². The van der Waals surface area contributed by atoms with Crippen molar-refractivity contribution in [3.63, 3.8) is 0 Å². The molecule has 0 aliphatic rings. The standard InChI is InChI=1S/C22H20F2N8O/c23-18-4-5-20(21(24)7-18)22(33,13-32-15-27-14-28-32)12-26-9-19-11-31(30-29-19)10-17-3-1-2-16(6-17)8-25/h1-7,11,14-15,26,33H,9-10,12-13H2. The third-order valence-corrected chi connectivity index (χ3v) is 5.03. The topological polar surface area (TPSA) is 117 Å². The largest absolute Gasteiger partial charge is 0.382 e. The molecule has 11 heteroatoms. The number of nitrogens with one attached hydrogen (secondary N) is 1. The van der Waals surface area contributed by atoms with Crippen molar-refractivity contribution in [1.29, 1.82) is 5.26 Å². The summed E-state index contributed by atoms with van der Waals surface area (Å²) in [5, 5.41) is 35.5. The van der Waals surface area contributed by atoms with Crippen molar-refractivity contribution in [2.75, 3.05) is 6.54 Å². The molecular weight excluding hydrogens is 430 g/mol. The second-order valence-corrected chi connectivity index (χ2v) is 7.57. The maximum absolute atomic E-state index is 14.5. The van der Waals surface area contributed by atoms with Gasteiger partial charge in [-0.1, -0.05) is 23.4 Å². The number of nitrogens with zero attached hydrogens (tertiary/aromatic N) is 7. The van der Waals surface area contributed by atoms with Crippen LogP contribution < -0.4 is 5.32 Å². The van der Waals surface area contributed by atoms with Gasteiger partial charge in [-0.15, -0.1) is 5.10 Å². The van der Waals surface area contributed by atoms with Crippen molar-refractivity contribution in [3.05, 3.63) is 95.3 Å². The van der Waals surface area contributed by atoms with E-state index in [9.17, 15) is 13.9 Å². The highest BCUT2D eigenvalue weighted by atomic mass is 19.1. The summed E-state index contributed by atoms with van der Waals surface area (Å²) in [6.45, 7) is 0.539. The number of hydrogen-bond acceptors (Lipinski definition) is 7. The predicted molar refractivity (Wildman–Crippen MR) is 112 cm³/mol. The number of rotatable bonds is 9. The number of benzene rings is 2. The summed E-state index contributed by atoms with van der Waals surface area (Å²) in [5.74, 6) is -1.59. The first-order chi connectivity index (χ1) is 15.9. The molecule has 0 aliphatic carbocycles. The lowest BCUT2D eigenvalue weighted by Crippen LogP contribution is -2.42. The minimum absolute atomic E-state index is 0.0621. The molecule has 0 amide bonds. The molecule has 1 atom stereocenters. The monoisotopic (exact) mass is 450 g/mol. The smallest absolute Gasteiger partial charge is 0.137 e. The number of hydrogen-bond donors (Lipinski definition) is 2. The molecule has 0 bridgehead atoms. The lowest BCUT2D eigenvalue weighted by Gasteiger charge is -2.29. The van der Waals surface area contributed by atoms with Gasteiger partial charge in [0.25, 0.3) is 0 Å². The highest BCUT2D eigenvalue weighted by Gasteiger charge is 2.33. The van der Waals surface area contributed by atoms with Crippen LogP contribution >= 0.6 is 0 Å². The molecular formula is C22H20F2N8O. The summed E-state index contributed by atoms with van der Waals surface area (Å²) < 4.78 is 30.9. The fourth-order valence-corrected chi connectivity index (χ4v) is 3.51. The molecule has 2 heterocycles. The van der Waals surface area contributed by atoms with Crippen molar-refractivity contribution in [1.82, 2.24) is 35.1 Å². The Morgan fingerprint density at radius 1 is 1.15 bits per heavy atom. The molecule has 0 fully saturated rings. The summed E-state index contributed by atoms with van der Waals surface area (Å²) in [6.07, 6.45) is 4.44. The first-order valence-corrected chi connectivity index (χ1v) is 10.0. The fraction of sp³-hybridized carbons (Fsp3) is 0.227. The van der Waals surface area contributed by atoms with Crippen LogP contribution in [0.15, 0.2) is 61.3 Å². The summed E-state index contributed by atoms with van der Waals surface area (Å²) in [4.78, 5) is 3.84. The van der Waals surface area contributed by atoms with Gasteiger partial charge in [-0.25, -0.2) is 23.1 Å². The van der Waals surface area contributed by atoms with E-state index in [1.54, 1.807) is 29.1 Å². The van der Waals surface area contributed by atoms with E-state index < -0.39 is 17.2 Å². The van der Waals surface area contributed by atoms with Gasteiger partial charge >= 0.3 is 0 Å². The van der Waals surface area contributed by atoms with Crippen LogP contribution in [0, 0.1) is 23.0 Å². The maximum atomic E-state index is 14.5. The maximum Gasteiger partial charge on any atom is 0.137 e. The van der Waals surface area contributed by atoms with E-state index >= 15 is 0 Å². The zero-order valence-corrected chi connectivity index (χ0v) is 17.4. The molecule has 2 N–H and O–H groups in total. The van der Waals surface area contributed by atoms with E-state index in [1.807, 2.05) is 6.07 Å². The number of nitriles is 1. The van der Waals surface area contributed by atoms with Gasteiger partial charge in [-0.2, -0.15) is 10.4 Å². The molecule has 4 rings (SSSR count). The lowest BCUT2D eigenvalue weighted by molar-refractivity contribution is 0.0117. The van der Waals surface area contributed by atoms with Gasteiger partial charge in [0.2, 0.25) is 0 Å². The molecule has 0 saturated heterocycles. The van der Waals surface area contributed by atoms with Crippen molar-refractivity contribution in [2.45, 2.75) is 25.2 Å². The van der Waals surface area contributed by atoms with Gasteiger partial charge in [-0.05, 0) is 23.8 Å². The number of aliphatic hydroxyl groups is 1. The highest BCUT2D eigenvalue weighted by molar-refractivity contribution is 5.32. The second kappa shape index (κ2) is 9.64. The van der Waals surface area contributed by atoms with Crippen LogP contribution in [0.3, 0.4) is 0 Å². The molecule has 33 heavy (non-hydrogen) atoms. The van der Waals surface area contributed by atoms with Crippen molar-refractivity contribution >= 4 is 0 Å². The first kappa shape index (κ1) is 22.2. The van der Waals surface area contributed by atoms with Crippen LogP contribution in [0.2, 0.25) is 0 Å². The Balaban J connectivity index is 1.44. The molecule has 2 aromatic heterocycles. The predicted octanol–water partition coefficient (Wildman–Crippen LogP) is 1.75. The van der Waals surface area contributed by atoms with Gasteiger partial charge in [0.15, 0.2) is 0 Å². The Bertz CT molecular complexity index is 1270. The minimum Gasteiger partial charge on any atom is -0.382 e. The molecule has 0 aliphatic heterocycles.